The first-order valence-corrected chi connectivity index (χ1v) is 6.75. The van der Waals surface area contributed by atoms with Gasteiger partial charge in [-0.15, -0.1) is 0 Å². The first-order chi connectivity index (χ1) is 9.84. The molecule has 1 aliphatic rings. The maximum absolute atomic E-state index is 12.3. The highest BCUT2D eigenvalue weighted by Gasteiger charge is 2.17. The quantitative estimate of drug-likeness (QED) is 0.890. The van der Waals surface area contributed by atoms with E-state index in [0.717, 1.165) is 41.9 Å². The Morgan fingerprint density at radius 1 is 1.30 bits per heavy atom. The number of aromatic nitrogens is 2. The van der Waals surface area contributed by atoms with E-state index in [0.29, 0.717) is 6.54 Å². The van der Waals surface area contributed by atoms with Gasteiger partial charge in [-0.1, -0.05) is 6.07 Å². The van der Waals surface area contributed by atoms with Gasteiger partial charge in [-0.3, -0.25) is 4.79 Å². The van der Waals surface area contributed by atoms with Crippen molar-refractivity contribution in [3.63, 3.8) is 0 Å². The second-order valence-corrected chi connectivity index (χ2v) is 4.76. The van der Waals surface area contributed by atoms with Gasteiger partial charge in [0.15, 0.2) is 0 Å². The Morgan fingerprint density at radius 2 is 2.25 bits per heavy atom. The molecular weight excluding hydrogens is 252 g/mol. The highest BCUT2D eigenvalue weighted by atomic mass is 16.1. The van der Waals surface area contributed by atoms with Crippen molar-refractivity contribution in [2.45, 2.75) is 19.4 Å². The van der Waals surface area contributed by atoms with E-state index in [2.05, 4.69) is 20.8 Å². The average molecular weight is 268 g/mol. The lowest BCUT2D eigenvalue weighted by atomic mass is 9.97. The Morgan fingerprint density at radius 3 is 3.10 bits per heavy atom. The van der Waals surface area contributed by atoms with Gasteiger partial charge in [0.25, 0.3) is 5.91 Å². The molecule has 1 amide bonds. The van der Waals surface area contributed by atoms with Crippen LogP contribution in [-0.4, -0.2) is 22.6 Å². The Balaban J connectivity index is 1.74. The molecule has 5 nitrogen and oxygen atoms in total. The number of nitrogens with zero attached hydrogens (tertiary/aromatic N) is 2. The summed E-state index contributed by atoms with van der Waals surface area (Å²) in [5.74, 6) is -0.0591. The lowest BCUT2D eigenvalue weighted by Crippen LogP contribution is -2.26. The van der Waals surface area contributed by atoms with Crippen LogP contribution >= 0.6 is 0 Å². The SMILES string of the molecule is O=C(NCc1cccnn1)c1cccc2c1CCCN2. The number of rotatable bonds is 3. The zero-order valence-corrected chi connectivity index (χ0v) is 11.1. The Hall–Kier alpha value is -2.43. The largest absolute Gasteiger partial charge is 0.385 e. The number of hydrogen-bond acceptors (Lipinski definition) is 4. The van der Waals surface area contributed by atoms with E-state index in [9.17, 15) is 4.79 Å². The molecule has 20 heavy (non-hydrogen) atoms. The van der Waals surface area contributed by atoms with Crippen LogP contribution in [0.3, 0.4) is 0 Å². The summed E-state index contributed by atoms with van der Waals surface area (Å²) >= 11 is 0. The summed E-state index contributed by atoms with van der Waals surface area (Å²) < 4.78 is 0. The van der Waals surface area contributed by atoms with Crippen LogP contribution in [0.15, 0.2) is 36.5 Å². The van der Waals surface area contributed by atoms with Crippen molar-refractivity contribution in [3.05, 3.63) is 53.3 Å². The van der Waals surface area contributed by atoms with Gasteiger partial charge in [0.05, 0.1) is 12.2 Å². The molecule has 0 atom stereocenters. The molecule has 0 spiro atoms. The van der Waals surface area contributed by atoms with Gasteiger partial charge in [0, 0.05) is 24.0 Å². The third kappa shape index (κ3) is 2.61. The van der Waals surface area contributed by atoms with Crippen molar-refractivity contribution in [2.24, 2.45) is 0 Å². The maximum Gasteiger partial charge on any atom is 0.251 e. The topological polar surface area (TPSA) is 66.9 Å². The number of carbonyl (C=O) groups excluding carboxylic acids is 1. The van der Waals surface area contributed by atoms with Crippen LogP contribution in [0.2, 0.25) is 0 Å². The predicted octanol–water partition coefficient (Wildman–Crippen LogP) is 1.76. The molecule has 1 aromatic heterocycles. The van der Waals surface area contributed by atoms with Crippen molar-refractivity contribution in [2.75, 3.05) is 11.9 Å². The van der Waals surface area contributed by atoms with Gasteiger partial charge in [0.2, 0.25) is 0 Å². The standard InChI is InChI=1S/C15H16N4O/c20-15(17-10-11-4-2-9-18-19-11)13-5-1-7-14-12(13)6-3-8-16-14/h1-2,4-5,7,9,16H,3,6,8,10H2,(H,17,20). The van der Waals surface area contributed by atoms with Gasteiger partial charge >= 0.3 is 0 Å². The molecule has 1 aromatic carbocycles. The van der Waals surface area contributed by atoms with Crippen LogP contribution in [0, 0.1) is 0 Å². The molecule has 5 heteroatoms. The summed E-state index contributed by atoms with van der Waals surface area (Å²) in [6, 6.07) is 9.46. The van der Waals surface area contributed by atoms with Crippen LogP contribution in [0.1, 0.15) is 28.0 Å². The number of hydrogen-bond donors (Lipinski definition) is 2. The van der Waals surface area contributed by atoms with Crippen LogP contribution in [0.5, 0.6) is 0 Å². The number of amides is 1. The maximum atomic E-state index is 12.3. The van der Waals surface area contributed by atoms with Crippen molar-refractivity contribution in [3.8, 4) is 0 Å². The number of fused-ring (bicyclic) bond motifs is 1. The van der Waals surface area contributed by atoms with Crippen LogP contribution in [0.4, 0.5) is 5.69 Å². The van der Waals surface area contributed by atoms with Gasteiger partial charge in [-0.25, -0.2) is 0 Å². The molecule has 2 N–H and O–H groups in total. The summed E-state index contributed by atoms with van der Waals surface area (Å²) in [6.07, 6.45) is 3.61. The summed E-state index contributed by atoms with van der Waals surface area (Å²) in [5.41, 5.74) is 3.68. The molecule has 2 aromatic rings. The molecule has 0 saturated carbocycles. The van der Waals surface area contributed by atoms with Crippen LogP contribution in [0.25, 0.3) is 0 Å². The summed E-state index contributed by atoms with van der Waals surface area (Å²) in [5, 5.41) is 14.0. The Bertz CT molecular complexity index is 613. The van der Waals surface area contributed by atoms with E-state index in [4.69, 9.17) is 0 Å². The normalized spacial score (nSPS) is 13.2. The van der Waals surface area contributed by atoms with E-state index < -0.39 is 0 Å². The smallest absolute Gasteiger partial charge is 0.251 e. The fourth-order valence-corrected chi connectivity index (χ4v) is 2.42. The van der Waals surface area contributed by atoms with Gasteiger partial charge in [-0.05, 0) is 42.7 Å². The lowest BCUT2D eigenvalue weighted by molar-refractivity contribution is 0.0949. The fourth-order valence-electron chi connectivity index (χ4n) is 2.42. The van der Waals surface area contributed by atoms with Crippen molar-refractivity contribution in [1.82, 2.24) is 15.5 Å². The van der Waals surface area contributed by atoms with E-state index in [1.54, 1.807) is 6.20 Å². The molecular formula is C15H16N4O. The second-order valence-electron chi connectivity index (χ2n) is 4.76. The molecule has 1 aliphatic heterocycles. The third-order valence-electron chi connectivity index (χ3n) is 3.40. The third-order valence-corrected chi connectivity index (χ3v) is 3.40. The first kappa shape index (κ1) is 12.6. The second kappa shape index (κ2) is 5.69. The van der Waals surface area contributed by atoms with Crippen LogP contribution in [-0.2, 0) is 13.0 Å². The van der Waals surface area contributed by atoms with Crippen LogP contribution < -0.4 is 10.6 Å². The minimum absolute atomic E-state index is 0.0591. The van der Waals surface area contributed by atoms with E-state index in [1.165, 1.54) is 0 Å². The molecule has 0 aliphatic carbocycles. The first-order valence-electron chi connectivity index (χ1n) is 6.75. The minimum Gasteiger partial charge on any atom is -0.385 e. The Labute approximate surface area is 117 Å². The van der Waals surface area contributed by atoms with Gasteiger partial charge in [0.1, 0.15) is 0 Å². The highest BCUT2D eigenvalue weighted by molar-refractivity contribution is 5.97. The highest BCUT2D eigenvalue weighted by Crippen LogP contribution is 2.25. The number of nitrogens with one attached hydrogen (secondary N) is 2. The summed E-state index contributed by atoms with van der Waals surface area (Å²) in [6.45, 7) is 1.36. The molecule has 0 saturated heterocycles. The monoisotopic (exact) mass is 268 g/mol. The van der Waals surface area contributed by atoms with E-state index in [-0.39, 0.29) is 5.91 Å². The van der Waals surface area contributed by atoms with Gasteiger partial charge < -0.3 is 10.6 Å². The lowest BCUT2D eigenvalue weighted by Gasteiger charge is -2.20. The summed E-state index contributed by atoms with van der Waals surface area (Å²) in [4.78, 5) is 12.3. The molecule has 0 unspecified atom stereocenters. The number of benzene rings is 1. The zero-order chi connectivity index (χ0) is 13.8. The van der Waals surface area contributed by atoms with Crippen molar-refractivity contribution < 1.29 is 4.79 Å². The average Bonchev–Trinajstić information content (AvgIpc) is 2.53. The molecule has 0 fully saturated rings. The fraction of sp³-hybridized carbons (Fsp3) is 0.267. The molecule has 102 valence electrons. The predicted molar refractivity (Wildman–Crippen MR) is 76.5 cm³/mol. The summed E-state index contributed by atoms with van der Waals surface area (Å²) in [7, 11) is 0. The van der Waals surface area contributed by atoms with Gasteiger partial charge in [-0.2, -0.15) is 10.2 Å². The van der Waals surface area contributed by atoms with E-state index in [1.807, 2.05) is 30.3 Å². The zero-order valence-electron chi connectivity index (χ0n) is 11.1. The molecule has 0 bridgehead atoms. The molecule has 0 radical (unpaired) electrons. The number of anilines is 1. The van der Waals surface area contributed by atoms with Crippen molar-refractivity contribution in [1.29, 1.82) is 0 Å². The number of carbonyl (C=O) groups is 1. The Kier molecular flexibility index (Phi) is 3.58. The van der Waals surface area contributed by atoms with E-state index >= 15 is 0 Å². The minimum atomic E-state index is -0.0591. The molecule has 3 rings (SSSR count). The molecule has 2 heterocycles. The van der Waals surface area contributed by atoms with Crippen molar-refractivity contribution >= 4 is 11.6 Å².